The third-order valence-electron chi connectivity index (χ3n) is 6.31. The Kier molecular flexibility index (Phi) is 7.28. The van der Waals surface area contributed by atoms with E-state index in [1.165, 1.54) is 17.7 Å². The number of rotatable bonds is 7. The predicted molar refractivity (Wildman–Crippen MR) is 119 cm³/mol. The van der Waals surface area contributed by atoms with Crippen LogP contribution in [0.4, 0.5) is 8.78 Å². The van der Waals surface area contributed by atoms with E-state index in [1.807, 2.05) is 0 Å². The number of carbonyl (C=O) groups excluding carboxylic acids is 1. The van der Waals surface area contributed by atoms with E-state index in [1.54, 1.807) is 0 Å². The van der Waals surface area contributed by atoms with E-state index in [9.17, 15) is 18.7 Å². The van der Waals surface area contributed by atoms with E-state index in [0.29, 0.717) is 50.6 Å². The molecule has 0 aromatic heterocycles. The van der Waals surface area contributed by atoms with Crippen LogP contribution in [0.15, 0.2) is 42.5 Å². The van der Waals surface area contributed by atoms with Crippen molar-refractivity contribution in [2.45, 2.75) is 76.4 Å². The Morgan fingerprint density at radius 3 is 2.32 bits per heavy atom. The van der Waals surface area contributed by atoms with Crippen LogP contribution in [0.3, 0.4) is 0 Å². The fourth-order valence-electron chi connectivity index (χ4n) is 4.31. The zero-order valence-electron chi connectivity index (χ0n) is 18.7. The molecule has 3 nitrogen and oxygen atoms in total. The van der Waals surface area contributed by atoms with E-state index in [4.69, 9.17) is 0 Å². The lowest BCUT2D eigenvalue weighted by atomic mass is 9.74. The number of halogens is 2. The Morgan fingerprint density at radius 1 is 1.06 bits per heavy atom. The first kappa shape index (κ1) is 23.6. The van der Waals surface area contributed by atoms with Crippen molar-refractivity contribution in [2.75, 3.05) is 6.54 Å². The SMILES string of the molecule is CC(C)(C)c1cccc(C2(NCC(O)CCc3cc(F)cc(F)c3)CCC(=O)CC2)c1. The predicted octanol–water partition coefficient (Wildman–Crippen LogP) is 5.18. The second-order valence-electron chi connectivity index (χ2n) is 9.80. The third-order valence-corrected chi connectivity index (χ3v) is 6.31. The number of carbonyl (C=O) groups is 1. The van der Waals surface area contributed by atoms with Crippen molar-refractivity contribution in [2.24, 2.45) is 0 Å². The number of hydrogen-bond acceptors (Lipinski definition) is 3. The largest absolute Gasteiger partial charge is 0.392 e. The third kappa shape index (κ3) is 6.20. The number of benzene rings is 2. The number of aliphatic hydroxyl groups is 1. The lowest BCUT2D eigenvalue weighted by molar-refractivity contribution is -0.121. The van der Waals surface area contributed by atoms with E-state index in [0.717, 1.165) is 11.6 Å². The summed E-state index contributed by atoms with van der Waals surface area (Å²) < 4.78 is 26.8. The molecule has 0 heterocycles. The summed E-state index contributed by atoms with van der Waals surface area (Å²) in [7, 11) is 0. The molecule has 0 spiro atoms. The molecule has 0 amide bonds. The van der Waals surface area contributed by atoms with Crippen LogP contribution in [-0.2, 0) is 22.2 Å². The van der Waals surface area contributed by atoms with Crippen LogP contribution >= 0.6 is 0 Å². The van der Waals surface area contributed by atoms with Gasteiger partial charge in [0, 0.05) is 31.0 Å². The normalized spacial score (nSPS) is 17.5. The molecule has 31 heavy (non-hydrogen) atoms. The standard InChI is InChI=1S/C26H33F2NO2/c1-25(2,3)19-5-4-6-20(15-19)26(11-9-23(30)10-12-26)29-17-24(31)8-7-18-13-21(27)16-22(28)14-18/h4-6,13-16,24,29,31H,7-12,17H2,1-3H3. The van der Waals surface area contributed by atoms with Gasteiger partial charge in [0.15, 0.2) is 0 Å². The van der Waals surface area contributed by atoms with E-state index in [-0.39, 0.29) is 16.7 Å². The molecule has 0 bridgehead atoms. The molecule has 3 rings (SSSR count). The van der Waals surface area contributed by atoms with Crippen LogP contribution in [0.5, 0.6) is 0 Å². The van der Waals surface area contributed by atoms with Gasteiger partial charge in [-0.3, -0.25) is 4.79 Å². The molecule has 2 aromatic carbocycles. The highest BCUT2D eigenvalue weighted by atomic mass is 19.1. The van der Waals surface area contributed by atoms with Crippen molar-refractivity contribution in [3.63, 3.8) is 0 Å². The van der Waals surface area contributed by atoms with Crippen molar-refractivity contribution < 1.29 is 18.7 Å². The summed E-state index contributed by atoms with van der Waals surface area (Å²) in [6, 6.07) is 11.9. The summed E-state index contributed by atoms with van der Waals surface area (Å²) in [4.78, 5) is 11.9. The Morgan fingerprint density at radius 2 is 1.71 bits per heavy atom. The zero-order valence-corrected chi connectivity index (χ0v) is 18.7. The Hall–Kier alpha value is -2.11. The summed E-state index contributed by atoms with van der Waals surface area (Å²) >= 11 is 0. The molecule has 2 N–H and O–H groups in total. The lowest BCUT2D eigenvalue weighted by Gasteiger charge is -2.40. The van der Waals surface area contributed by atoms with Crippen molar-refractivity contribution in [1.82, 2.24) is 5.32 Å². The molecule has 1 atom stereocenters. The summed E-state index contributed by atoms with van der Waals surface area (Å²) in [6.45, 7) is 6.88. The first-order valence-electron chi connectivity index (χ1n) is 11.1. The van der Waals surface area contributed by atoms with Crippen molar-refractivity contribution in [1.29, 1.82) is 0 Å². The van der Waals surface area contributed by atoms with Crippen LogP contribution in [0.1, 0.15) is 69.6 Å². The van der Waals surface area contributed by atoms with Gasteiger partial charge in [0.05, 0.1) is 6.10 Å². The maximum absolute atomic E-state index is 13.4. The van der Waals surface area contributed by atoms with Crippen LogP contribution in [0.2, 0.25) is 0 Å². The van der Waals surface area contributed by atoms with Crippen molar-refractivity contribution >= 4 is 5.78 Å². The van der Waals surface area contributed by atoms with E-state index in [2.05, 4.69) is 50.4 Å². The van der Waals surface area contributed by atoms with E-state index >= 15 is 0 Å². The maximum atomic E-state index is 13.4. The summed E-state index contributed by atoms with van der Waals surface area (Å²) in [5, 5.41) is 14.1. The van der Waals surface area contributed by atoms with Crippen molar-refractivity contribution in [3.8, 4) is 0 Å². The van der Waals surface area contributed by atoms with Gasteiger partial charge in [0.1, 0.15) is 17.4 Å². The molecular weight excluding hydrogens is 396 g/mol. The molecular formula is C26H33F2NO2. The average molecular weight is 430 g/mol. The minimum Gasteiger partial charge on any atom is -0.392 e. The van der Waals surface area contributed by atoms with Gasteiger partial charge < -0.3 is 10.4 Å². The molecule has 5 heteroatoms. The number of aryl methyl sites for hydroxylation is 1. The summed E-state index contributed by atoms with van der Waals surface area (Å²) in [5.74, 6) is -0.933. The van der Waals surface area contributed by atoms with Gasteiger partial charge in [-0.15, -0.1) is 0 Å². The molecule has 2 aromatic rings. The highest BCUT2D eigenvalue weighted by molar-refractivity contribution is 5.79. The van der Waals surface area contributed by atoms with Gasteiger partial charge in [-0.1, -0.05) is 45.0 Å². The van der Waals surface area contributed by atoms with Gasteiger partial charge in [0.2, 0.25) is 0 Å². The Labute approximate surface area is 183 Å². The molecule has 0 radical (unpaired) electrons. The van der Waals surface area contributed by atoms with Crippen LogP contribution in [-0.4, -0.2) is 23.5 Å². The van der Waals surface area contributed by atoms with Crippen LogP contribution in [0, 0.1) is 11.6 Å². The zero-order chi connectivity index (χ0) is 22.6. The second kappa shape index (κ2) is 9.58. The molecule has 1 unspecified atom stereocenters. The van der Waals surface area contributed by atoms with Crippen LogP contribution in [0.25, 0.3) is 0 Å². The molecule has 1 fully saturated rings. The minimum absolute atomic E-state index is 0.0153. The average Bonchev–Trinajstić information content (AvgIpc) is 2.71. The van der Waals surface area contributed by atoms with Gasteiger partial charge in [-0.2, -0.15) is 0 Å². The minimum atomic E-state index is -0.661. The quantitative estimate of drug-likeness (QED) is 0.637. The van der Waals surface area contributed by atoms with Gasteiger partial charge >= 0.3 is 0 Å². The first-order valence-corrected chi connectivity index (χ1v) is 11.1. The van der Waals surface area contributed by atoms with Gasteiger partial charge in [-0.25, -0.2) is 8.78 Å². The topological polar surface area (TPSA) is 49.3 Å². The number of Topliss-reactive ketones (excluding diaryl/α,β-unsaturated/α-hetero) is 1. The second-order valence-corrected chi connectivity index (χ2v) is 9.80. The maximum Gasteiger partial charge on any atom is 0.133 e. The van der Waals surface area contributed by atoms with Crippen LogP contribution < -0.4 is 5.32 Å². The molecule has 0 aliphatic heterocycles. The first-order chi connectivity index (χ1) is 14.6. The van der Waals surface area contributed by atoms with Gasteiger partial charge in [-0.05, 0) is 59.9 Å². The molecule has 0 saturated heterocycles. The lowest BCUT2D eigenvalue weighted by Crippen LogP contribution is -2.48. The summed E-state index contributed by atoms with van der Waals surface area (Å²) in [5.41, 5.74) is 2.57. The van der Waals surface area contributed by atoms with Crippen molar-refractivity contribution in [3.05, 3.63) is 70.8 Å². The monoisotopic (exact) mass is 429 g/mol. The Balaban J connectivity index is 1.70. The highest BCUT2D eigenvalue weighted by Gasteiger charge is 2.36. The fourth-order valence-corrected chi connectivity index (χ4v) is 4.31. The summed E-state index contributed by atoms with van der Waals surface area (Å²) in [6.07, 6.45) is 2.56. The Bertz CT molecular complexity index is 890. The number of aliphatic hydroxyl groups excluding tert-OH is 1. The molecule has 1 aliphatic rings. The molecule has 1 saturated carbocycles. The smallest absolute Gasteiger partial charge is 0.133 e. The number of ketones is 1. The van der Waals surface area contributed by atoms with E-state index < -0.39 is 17.7 Å². The number of hydrogen-bond donors (Lipinski definition) is 2. The highest BCUT2D eigenvalue weighted by Crippen LogP contribution is 2.37. The molecule has 168 valence electrons. The molecule has 1 aliphatic carbocycles. The fraction of sp³-hybridized carbons (Fsp3) is 0.500. The number of nitrogens with one attached hydrogen (secondary N) is 1. The van der Waals surface area contributed by atoms with Gasteiger partial charge in [0.25, 0.3) is 0 Å².